The van der Waals surface area contributed by atoms with Gasteiger partial charge in [0.1, 0.15) is 16.7 Å². The first kappa shape index (κ1) is 68.6. The molecule has 6 heterocycles. The van der Waals surface area contributed by atoms with Crippen LogP contribution in [0.3, 0.4) is 0 Å². The van der Waals surface area contributed by atoms with E-state index < -0.39 is 35.8 Å². The molecular formula is C84H63F3IrN3O9. The van der Waals surface area contributed by atoms with E-state index in [1.165, 1.54) is 0 Å². The van der Waals surface area contributed by atoms with Crippen molar-refractivity contribution < 1.29 is 75.1 Å². The average molecular weight is 1510 g/mol. The first-order valence-electron chi connectivity index (χ1n) is 32.3. The van der Waals surface area contributed by atoms with Gasteiger partial charge in [0.25, 0.3) is 0 Å². The summed E-state index contributed by atoms with van der Waals surface area (Å²) in [7, 11) is 0. The normalized spacial score (nSPS) is 11.3. The summed E-state index contributed by atoms with van der Waals surface area (Å²) in [5, 5.41) is 5.70. The third-order valence-corrected chi connectivity index (χ3v) is 16.3. The van der Waals surface area contributed by atoms with E-state index in [-0.39, 0.29) is 54.5 Å². The van der Waals surface area contributed by atoms with E-state index in [2.05, 4.69) is 33.2 Å². The number of rotatable bonds is 15. The number of fused-ring (bicyclic) bond motifs is 9. The molecule has 0 saturated carbocycles. The zero-order valence-electron chi connectivity index (χ0n) is 55.1. The fourth-order valence-corrected chi connectivity index (χ4v) is 11.6. The van der Waals surface area contributed by atoms with E-state index in [1.807, 2.05) is 133 Å². The Hall–Kier alpha value is -11.3. The summed E-state index contributed by atoms with van der Waals surface area (Å²) in [5.41, 5.74) is 9.94. The third kappa shape index (κ3) is 14.3. The number of aromatic nitrogens is 3. The smallest absolute Gasteiger partial charge is 0.501 e. The zero-order chi connectivity index (χ0) is 68.8. The van der Waals surface area contributed by atoms with Crippen molar-refractivity contribution in [3.63, 3.8) is 0 Å². The van der Waals surface area contributed by atoms with Crippen molar-refractivity contribution in [2.75, 3.05) is 19.8 Å². The number of hydrogen-bond acceptors (Lipinski definition) is 12. The average Bonchev–Trinajstić information content (AvgIpc) is 1.59. The third-order valence-electron chi connectivity index (χ3n) is 16.3. The molecule has 16 heteroatoms. The van der Waals surface area contributed by atoms with Crippen molar-refractivity contribution in [1.29, 1.82) is 0 Å². The maximum absolute atomic E-state index is 15.3. The van der Waals surface area contributed by atoms with E-state index in [4.69, 9.17) is 27.5 Å². The summed E-state index contributed by atoms with van der Waals surface area (Å²) in [6.45, 7) is 12.6. The van der Waals surface area contributed by atoms with Gasteiger partial charge in [-0.1, -0.05) is 220 Å². The van der Waals surface area contributed by atoms with Crippen LogP contribution in [0.1, 0.15) is 72.6 Å². The van der Waals surface area contributed by atoms with Crippen LogP contribution in [-0.2, 0) is 34.3 Å². The van der Waals surface area contributed by atoms with Crippen molar-refractivity contribution in [3.8, 4) is 67.2 Å². The van der Waals surface area contributed by atoms with Gasteiger partial charge in [-0.3, -0.25) is 15.0 Å². The molecule has 12 nitrogen and oxygen atoms in total. The molecule has 0 saturated heterocycles. The number of benzene rings is 9. The molecule has 15 aromatic rings. The fraction of sp³-hybridized carbons (Fsp3) is 0.143. The minimum Gasteiger partial charge on any atom is -0.501 e. The topological polar surface area (TPSA) is 157 Å². The summed E-state index contributed by atoms with van der Waals surface area (Å²) < 4.78 is 80.0. The van der Waals surface area contributed by atoms with Gasteiger partial charge in [-0.2, -0.15) is 13.2 Å². The fourth-order valence-electron chi connectivity index (χ4n) is 11.6. The molecule has 498 valence electrons. The summed E-state index contributed by atoms with van der Waals surface area (Å²) in [6, 6.07) is 74.2. The summed E-state index contributed by atoms with van der Waals surface area (Å²) in [5.74, 6) is -2.88. The van der Waals surface area contributed by atoms with Crippen LogP contribution in [0.15, 0.2) is 232 Å². The Morgan fingerprint density at radius 1 is 0.340 bits per heavy atom. The maximum atomic E-state index is 15.3. The summed E-state index contributed by atoms with van der Waals surface area (Å²) in [4.78, 5) is 50.4. The summed E-state index contributed by atoms with van der Waals surface area (Å²) >= 11 is 0. The molecule has 9 aromatic carbocycles. The van der Waals surface area contributed by atoms with Crippen LogP contribution in [-0.4, -0.2) is 52.7 Å². The number of hydrogen-bond donors (Lipinski definition) is 0. The predicted molar refractivity (Wildman–Crippen MR) is 379 cm³/mol. The Balaban J connectivity index is 0.000000141. The molecule has 0 aliphatic rings. The minimum absolute atomic E-state index is 0. The SMILES string of the molecule is CC(C)COC(=O)c1ccccc1-c1ccc(-c2[c-]ccc3c2oc2ccccc23)nc1F.CC(C)COC(=O)c1ccccc1-c1ccc(-c2[c-]ccc3c2oc2ccccc23)nc1F.CC(C)COC(=O)c1ccccc1-c1ccc(-c2[c-]ccc3c2oc2ccccc23)nc1F.[Ir+3]. The second-order valence-electron chi connectivity index (χ2n) is 24.8. The van der Waals surface area contributed by atoms with Crippen LogP contribution in [0.4, 0.5) is 13.2 Å². The molecule has 0 amide bonds. The van der Waals surface area contributed by atoms with E-state index >= 15 is 13.2 Å². The number of para-hydroxylation sites is 3. The number of nitrogens with zero attached hydrogens (tertiary/aromatic N) is 3. The Morgan fingerprint density at radius 2 is 0.600 bits per heavy atom. The number of furan rings is 3. The van der Waals surface area contributed by atoms with Gasteiger partial charge >= 0.3 is 38.0 Å². The van der Waals surface area contributed by atoms with Crippen LogP contribution in [0, 0.1) is 53.8 Å². The van der Waals surface area contributed by atoms with E-state index in [0.717, 1.165) is 49.1 Å². The Kier molecular flexibility index (Phi) is 20.7. The number of carbonyl (C=O) groups is 3. The molecule has 15 rings (SSSR count). The summed E-state index contributed by atoms with van der Waals surface area (Å²) in [6.07, 6.45) is 0. The van der Waals surface area contributed by atoms with Gasteiger partial charge in [0.05, 0.1) is 53.3 Å². The molecule has 0 N–H and O–H groups in total. The Bertz CT molecular complexity index is 5000. The van der Waals surface area contributed by atoms with E-state index in [0.29, 0.717) is 104 Å². The molecule has 0 atom stereocenters. The molecule has 0 spiro atoms. The molecular weight excluding hydrogens is 1440 g/mol. The van der Waals surface area contributed by atoms with Crippen molar-refractivity contribution in [3.05, 3.63) is 271 Å². The molecule has 0 aliphatic heterocycles. The van der Waals surface area contributed by atoms with Gasteiger partial charge in [-0.25, -0.2) is 14.4 Å². The zero-order valence-corrected chi connectivity index (χ0v) is 57.5. The van der Waals surface area contributed by atoms with Crippen molar-refractivity contribution in [2.45, 2.75) is 41.5 Å². The quantitative estimate of drug-likeness (QED) is 0.0415. The van der Waals surface area contributed by atoms with E-state index in [1.54, 1.807) is 127 Å². The predicted octanol–water partition coefficient (Wildman–Crippen LogP) is 21.2. The number of carbonyl (C=O) groups excluding carboxylic acids is 3. The maximum Gasteiger partial charge on any atom is 3.00 e. The molecule has 0 fully saturated rings. The largest absolute Gasteiger partial charge is 3.00 e. The molecule has 0 radical (unpaired) electrons. The second kappa shape index (κ2) is 30.2. The second-order valence-corrected chi connectivity index (χ2v) is 24.8. The van der Waals surface area contributed by atoms with Crippen LogP contribution in [0.5, 0.6) is 0 Å². The monoisotopic (exact) mass is 1510 g/mol. The Labute approximate surface area is 587 Å². The number of esters is 3. The Morgan fingerprint density at radius 3 is 0.870 bits per heavy atom. The van der Waals surface area contributed by atoms with Crippen molar-refractivity contribution >= 4 is 83.7 Å². The van der Waals surface area contributed by atoms with Gasteiger partial charge in [-0.15, -0.1) is 54.6 Å². The molecule has 0 bridgehead atoms. The van der Waals surface area contributed by atoms with Crippen molar-refractivity contribution in [1.82, 2.24) is 15.0 Å². The molecule has 6 aromatic heterocycles. The van der Waals surface area contributed by atoms with Gasteiger partial charge in [0.2, 0.25) is 17.8 Å². The van der Waals surface area contributed by atoms with E-state index in [9.17, 15) is 14.4 Å². The van der Waals surface area contributed by atoms with Crippen LogP contribution >= 0.6 is 0 Å². The minimum atomic E-state index is -0.682. The number of pyridine rings is 3. The first-order valence-corrected chi connectivity index (χ1v) is 32.3. The van der Waals surface area contributed by atoms with Gasteiger partial charge in [-0.05, 0) is 71.2 Å². The van der Waals surface area contributed by atoms with Crippen molar-refractivity contribution in [2.24, 2.45) is 17.8 Å². The standard InChI is InChI=1S/3C28H21FNO3.Ir/c3*1-17(2)16-32-28(31)22-10-4-3-8-18(22)21-14-15-24(30-27(21)29)23-12-7-11-20-19-9-5-6-13-25(19)33-26(20)23;/h3*3-11,13-15,17H,16H2,1-2H3;/q3*-1;+3. The molecule has 0 aliphatic carbocycles. The first-order chi connectivity index (χ1) is 48.1. The number of halogens is 3. The number of ether oxygens (including phenoxy) is 3. The molecule has 100 heavy (non-hydrogen) atoms. The van der Waals surface area contributed by atoms with Gasteiger partial charge in [0, 0.05) is 49.5 Å². The van der Waals surface area contributed by atoms with Gasteiger partial charge < -0.3 is 27.5 Å². The van der Waals surface area contributed by atoms with Crippen LogP contribution in [0.2, 0.25) is 0 Å². The van der Waals surface area contributed by atoms with Gasteiger partial charge in [0.15, 0.2) is 0 Å². The van der Waals surface area contributed by atoms with Crippen LogP contribution < -0.4 is 0 Å². The molecule has 0 unspecified atom stereocenters. The van der Waals surface area contributed by atoms with Crippen LogP contribution in [0.25, 0.3) is 133 Å².